The molecule has 0 fully saturated rings. The van der Waals surface area contributed by atoms with Gasteiger partial charge in [-0.15, -0.1) is 0 Å². The number of pyridine rings is 1. The van der Waals surface area contributed by atoms with E-state index in [4.69, 9.17) is 21.2 Å². The maximum Gasteiger partial charge on any atom is 0.295 e. The first-order chi connectivity index (χ1) is 15.9. The average molecular weight is 403 g/mol. The van der Waals surface area contributed by atoms with Crippen LogP contribution in [0, 0.1) is 5.82 Å². The molecule has 0 spiro atoms. The molecule has 150 valence electrons. The van der Waals surface area contributed by atoms with E-state index in [2.05, 4.69) is 20.4 Å². The van der Waals surface area contributed by atoms with Gasteiger partial charge in [0.1, 0.15) is 23.9 Å². The molecule has 2 aromatic heterocycles. The van der Waals surface area contributed by atoms with Crippen LogP contribution in [0.4, 0.5) is 4.39 Å². The maximum atomic E-state index is 14.0. The molecule has 0 radical (unpaired) electrons. The fourth-order valence-corrected chi connectivity index (χ4v) is 2.27. The largest absolute Gasteiger partial charge is 0.497 e. The van der Waals surface area contributed by atoms with E-state index in [9.17, 15) is 9.18 Å². The molecule has 1 amide bonds. The van der Waals surface area contributed by atoms with Crippen molar-refractivity contribution in [3.63, 3.8) is 0 Å². The van der Waals surface area contributed by atoms with E-state index in [1.165, 1.54) is 31.6 Å². The van der Waals surface area contributed by atoms with Gasteiger partial charge in [-0.3, -0.25) is 14.6 Å². The quantitative estimate of drug-likeness (QED) is 0.578. The smallest absolute Gasteiger partial charge is 0.295 e. The summed E-state index contributed by atoms with van der Waals surface area (Å²) in [6.45, 7) is -1.05. The normalized spacial score (nSPS) is 13.9. The maximum absolute atomic E-state index is 14.0. The van der Waals surface area contributed by atoms with Gasteiger partial charge in [-0.2, -0.15) is 0 Å². The summed E-state index contributed by atoms with van der Waals surface area (Å²) in [7, 11) is -2.69. The second kappa shape index (κ2) is 9.56. The average Bonchev–Trinajstić information content (AvgIpc) is 2.74. The zero-order valence-electron chi connectivity index (χ0n) is 20.2. The second-order valence-corrected chi connectivity index (χ2v) is 5.56. The fourth-order valence-electron chi connectivity index (χ4n) is 2.27. The molecular weight excluding hydrogens is 379 g/mol. The SMILES string of the molecule is [2H]C([2H])([2H])Oc1ccc(F)c(CONC(=O)c2cncc(-c3ccc(OC([2H])([2H])C)nc3)n2)c1. The van der Waals surface area contributed by atoms with E-state index in [0.29, 0.717) is 11.3 Å². The number of amides is 1. The minimum Gasteiger partial charge on any atom is -0.497 e. The monoisotopic (exact) mass is 403 g/mol. The van der Waals surface area contributed by atoms with E-state index in [1.807, 2.05) is 0 Å². The van der Waals surface area contributed by atoms with E-state index < -0.39 is 31.9 Å². The van der Waals surface area contributed by atoms with E-state index >= 15 is 0 Å². The molecule has 0 atom stereocenters. The molecule has 0 bridgehead atoms. The van der Waals surface area contributed by atoms with Gasteiger partial charge in [0.05, 0.1) is 38.5 Å². The number of carbonyl (C=O) groups excluding carboxylic acids is 1. The van der Waals surface area contributed by atoms with Crippen molar-refractivity contribution >= 4 is 5.91 Å². The molecule has 3 aromatic rings. The fraction of sp³-hybridized carbons (Fsp3) is 0.200. The number of nitrogens with one attached hydrogen (secondary N) is 1. The van der Waals surface area contributed by atoms with Crippen molar-refractivity contribution in [2.75, 3.05) is 13.6 Å². The Bertz CT molecular complexity index is 1160. The Balaban J connectivity index is 1.62. The molecule has 0 aliphatic heterocycles. The van der Waals surface area contributed by atoms with E-state index in [-0.39, 0.29) is 22.9 Å². The number of hydroxylamine groups is 1. The van der Waals surface area contributed by atoms with E-state index in [1.54, 1.807) is 6.07 Å². The third-order valence-electron chi connectivity index (χ3n) is 3.63. The standard InChI is InChI=1S/C20H19FN4O4/c1-3-28-19-7-4-13(9-23-19)17-10-22-11-18(24-17)20(26)25-29-12-14-8-15(27-2)5-6-16(14)21/h4-11H,3,12H2,1-2H3,(H,25,26)/i2D3,3D2. The molecule has 0 saturated heterocycles. The van der Waals surface area contributed by atoms with Gasteiger partial charge in [0.25, 0.3) is 5.91 Å². The highest BCUT2D eigenvalue weighted by Gasteiger charge is 2.12. The predicted octanol–water partition coefficient (Wildman–Crippen LogP) is 2.95. The molecule has 0 aliphatic carbocycles. The molecule has 3 rings (SSSR count). The van der Waals surface area contributed by atoms with Gasteiger partial charge >= 0.3 is 0 Å². The number of methoxy groups -OCH3 is 1. The highest BCUT2D eigenvalue weighted by molar-refractivity contribution is 5.91. The van der Waals surface area contributed by atoms with Crippen molar-refractivity contribution in [3.05, 3.63) is 66.0 Å². The van der Waals surface area contributed by atoms with Crippen molar-refractivity contribution in [1.82, 2.24) is 20.4 Å². The third-order valence-corrected chi connectivity index (χ3v) is 3.63. The summed E-state index contributed by atoms with van der Waals surface area (Å²) in [6.07, 6.45) is 3.99. The summed E-state index contributed by atoms with van der Waals surface area (Å²) in [5.41, 5.74) is 2.80. The van der Waals surface area contributed by atoms with Gasteiger partial charge in [0, 0.05) is 23.4 Å². The number of nitrogens with zero attached hydrogens (tertiary/aromatic N) is 3. The number of ether oxygens (including phenoxy) is 2. The predicted molar refractivity (Wildman–Crippen MR) is 102 cm³/mol. The van der Waals surface area contributed by atoms with Crippen LogP contribution in [0.25, 0.3) is 11.3 Å². The Hall–Kier alpha value is -3.59. The van der Waals surface area contributed by atoms with Crippen molar-refractivity contribution in [3.8, 4) is 22.9 Å². The summed E-state index contributed by atoms with van der Waals surface area (Å²) in [5.74, 6) is -1.43. The number of halogens is 1. The Kier molecular flexibility index (Phi) is 4.75. The number of rotatable bonds is 8. The number of benzene rings is 1. The molecule has 2 heterocycles. The van der Waals surface area contributed by atoms with Crippen LogP contribution in [0.15, 0.2) is 48.9 Å². The van der Waals surface area contributed by atoms with Crippen molar-refractivity contribution in [2.45, 2.75) is 13.5 Å². The minimum absolute atomic E-state index is 0.0354. The molecule has 9 heteroatoms. The lowest BCUT2D eigenvalue weighted by Crippen LogP contribution is -2.25. The highest BCUT2D eigenvalue weighted by atomic mass is 19.1. The van der Waals surface area contributed by atoms with Crippen LogP contribution in [-0.2, 0) is 11.4 Å². The number of aromatic nitrogens is 3. The topological polar surface area (TPSA) is 95.5 Å². The molecule has 1 N–H and O–H groups in total. The van der Waals surface area contributed by atoms with Gasteiger partial charge in [0.2, 0.25) is 5.88 Å². The first kappa shape index (κ1) is 14.4. The minimum atomic E-state index is -2.69. The Morgan fingerprint density at radius 2 is 2.17 bits per heavy atom. The molecular formula is C20H19FN4O4. The van der Waals surface area contributed by atoms with Crippen LogP contribution >= 0.6 is 0 Å². The van der Waals surface area contributed by atoms with Gasteiger partial charge < -0.3 is 9.47 Å². The van der Waals surface area contributed by atoms with Crippen LogP contribution in [0.5, 0.6) is 11.6 Å². The Morgan fingerprint density at radius 3 is 2.93 bits per heavy atom. The molecule has 0 aliphatic rings. The van der Waals surface area contributed by atoms with Gasteiger partial charge in [-0.05, 0) is 31.2 Å². The number of carbonyl (C=O) groups is 1. The zero-order chi connectivity index (χ0) is 24.9. The zero-order valence-corrected chi connectivity index (χ0v) is 15.2. The Morgan fingerprint density at radius 1 is 1.28 bits per heavy atom. The van der Waals surface area contributed by atoms with Crippen LogP contribution in [0.2, 0.25) is 0 Å². The van der Waals surface area contributed by atoms with Crippen LogP contribution in [0.3, 0.4) is 0 Å². The van der Waals surface area contributed by atoms with Crippen LogP contribution in [0.1, 0.15) is 29.8 Å². The Labute approximate surface area is 173 Å². The number of hydrogen-bond acceptors (Lipinski definition) is 7. The molecule has 8 nitrogen and oxygen atoms in total. The van der Waals surface area contributed by atoms with Crippen LogP contribution in [-0.4, -0.2) is 34.5 Å². The summed E-state index contributed by atoms with van der Waals surface area (Å²) in [4.78, 5) is 29.5. The highest BCUT2D eigenvalue weighted by Crippen LogP contribution is 2.18. The van der Waals surface area contributed by atoms with Crippen molar-refractivity contribution < 1.29 is 30.4 Å². The van der Waals surface area contributed by atoms with Gasteiger partial charge in [-0.25, -0.2) is 19.8 Å². The summed E-state index contributed by atoms with van der Waals surface area (Å²) >= 11 is 0. The van der Waals surface area contributed by atoms with Crippen molar-refractivity contribution in [2.24, 2.45) is 0 Å². The molecule has 0 saturated carbocycles. The lowest BCUT2D eigenvalue weighted by molar-refractivity contribution is 0.0219. The lowest BCUT2D eigenvalue weighted by Gasteiger charge is -2.08. The molecule has 1 aromatic carbocycles. The van der Waals surface area contributed by atoms with E-state index in [0.717, 1.165) is 18.2 Å². The first-order valence-corrected chi connectivity index (χ1v) is 8.27. The number of hydrogen-bond donors (Lipinski definition) is 1. The lowest BCUT2D eigenvalue weighted by atomic mass is 10.2. The van der Waals surface area contributed by atoms with Gasteiger partial charge in [0.15, 0.2) is 0 Å². The van der Waals surface area contributed by atoms with Crippen molar-refractivity contribution in [1.29, 1.82) is 0 Å². The summed E-state index contributed by atoms with van der Waals surface area (Å²) in [6, 6.07) is 6.37. The second-order valence-electron chi connectivity index (χ2n) is 5.56. The summed E-state index contributed by atoms with van der Waals surface area (Å²) in [5, 5.41) is 0. The van der Waals surface area contributed by atoms with Gasteiger partial charge in [-0.1, -0.05) is 0 Å². The molecule has 0 unspecified atom stereocenters. The third kappa shape index (κ3) is 5.23. The molecule has 29 heavy (non-hydrogen) atoms. The van der Waals surface area contributed by atoms with Crippen LogP contribution < -0.4 is 15.0 Å². The summed E-state index contributed by atoms with van der Waals surface area (Å²) < 4.78 is 59.8. The first-order valence-electron chi connectivity index (χ1n) is 10.8.